The fourth-order valence-corrected chi connectivity index (χ4v) is 1.44. The second-order valence-electron chi connectivity index (χ2n) is 3.74. The Morgan fingerprint density at radius 2 is 2.27 bits per heavy atom. The first-order valence-electron chi connectivity index (χ1n) is 5.38. The van der Waals surface area contributed by atoms with Crippen molar-refractivity contribution in [3.05, 3.63) is 18.2 Å². The molecule has 2 atom stereocenters. The van der Waals surface area contributed by atoms with Gasteiger partial charge in [0.05, 0.1) is 18.1 Å². The minimum Gasteiger partial charge on any atom is -0.327 e. The van der Waals surface area contributed by atoms with Gasteiger partial charge in [-0.2, -0.15) is 5.26 Å². The van der Waals surface area contributed by atoms with Crippen LogP contribution in [-0.4, -0.2) is 15.6 Å². The largest absolute Gasteiger partial charge is 0.327 e. The van der Waals surface area contributed by atoms with Crippen LogP contribution >= 0.6 is 0 Å². The summed E-state index contributed by atoms with van der Waals surface area (Å²) < 4.78 is 1.86. The molecule has 0 amide bonds. The highest BCUT2D eigenvalue weighted by atomic mass is 15.1. The van der Waals surface area contributed by atoms with Crippen LogP contribution in [0.4, 0.5) is 0 Å². The van der Waals surface area contributed by atoms with Gasteiger partial charge >= 0.3 is 0 Å². The zero-order valence-corrected chi connectivity index (χ0v) is 9.35. The van der Waals surface area contributed by atoms with Gasteiger partial charge in [-0.1, -0.05) is 13.8 Å². The van der Waals surface area contributed by atoms with E-state index >= 15 is 0 Å². The molecule has 0 spiro atoms. The molecule has 0 aliphatic carbocycles. The van der Waals surface area contributed by atoms with E-state index in [4.69, 9.17) is 11.0 Å². The molecule has 0 fully saturated rings. The predicted octanol–water partition coefficient (Wildman–Crippen LogP) is 1.64. The van der Waals surface area contributed by atoms with Crippen molar-refractivity contribution in [1.82, 2.24) is 9.55 Å². The van der Waals surface area contributed by atoms with E-state index in [0.29, 0.717) is 0 Å². The molecule has 1 aromatic heterocycles. The van der Waals surface area contributed by atoms with E-state index in [1.807, 2.05) is 17.7 Å². The number of rotatable bonds is 5. The molecule has 0 saturated carbocycles. The van der Waals surface area contributed by atoms with Crippen molar-refractivity contribution < 1.29 is 0 Å². The summed E-state index contributed by atoms with van der Waals surface area (Å²) in [7, 11) is 0. The molecule has 0 aliphatic heterocycles. The fraction of sp³-hybridized carbons (Fsp3) is 0.636. The van der Waals surface area contributed by atoms with Gasteiger partial charge in [-0.25, -0.2) is 4.98 Å². The van der Waals surface area contributed by atoms with Gasteiger partial charge in [-0.05, 0) is 12.8 Å². The van der Waals surface area contributed by atoms with Crippen LogP contribution in [-0.2, 0) is 6.42 Å². The zero-order chi connectivity index (χ0) is 11.3. The van der Waals surface area contributed by atoms with Crippen molar-refractivity contribution >= 4 is 0 Å². The molecule has 0 radical (unpaired) electrons. The molecule has 0 bridgehead atoms. The first-order valence-corrected chi connectivity index (χ1v) is 5.38. The van der Waals surface area contributed by atoms with Crippen molar-refractivity contribution in [2.45, 2.75) is 45.2 Å². The summed E-state index contributed by atoms with van der Waals surface area (Å²) in [4.78, 5) is 4.25. The van der Waals surface area contributed by atoms with Gasteiger partial charge in [0.2, 0.25) is 0 Å². The highest BCUT2D eigenvalue weighted by molar-refractivity contribution is 5.03. The highest BCUT2D eigenvalue weighted by Gasteiger charge is 2.09. The molecule has 1 rings (SSSR count). The van der Waals surface area contributed by atoms with Crippen LogP contribution in [0.25, 0.3) is 0 Å². The third-order valence-corrected chi connectivity index (χ3v) is 2.55. The molecular weight excluding hydrogens is 188 g/mol. The van der Waals surface area contributed by atoms with Crippen LogP contribution in [0.5, 0.6) is 0 Å². The van der Waals surface area contributed by atoms with E-state index in [2.05, 4.69) is 18.0 Å². The highest BCUT2D eigenvalue weighted by Crippen LogP contribution is 2.11. The Kier molecular flexibility index (Phi) is 4.32. The van der Waals surface area contributed by atoms with Crippen molar-refractivity contribution in [2.75, 3.05) is 0 Å². The fourth-order valence-electron chi connectivity index (χ4n) is 1.44. The molecule has 82 valence electrons. The third kappa shape index (κ3) is 3.07. The van der Waals surface area contributed by atoms with Crippen molar-refractivity contribution in [1.29, 1.82) is 5.26 Å². The number of aromatic nitrogens is 2. The van der Waals surface area contributed by atoms with E-state index in [-0.39, 0.29) is 12.1 Å². The normalized spacial score (nSPS) is 14.5. The van der Waals surface area contributed by atoms with Gasteiger partial charge in [0.1, 0.15) is 6.04 Å². The molecule has 0 aliphatic rings. The monoisotopic (exact) mass is 206 g/mol. The van der Waals surface area contributed by atoms with E-state index in [0.717, 1.165) is 25.0 Å². The maximum absolute atomic E-state index is 8.89. The van der Waals surface area contributed by atoms with E-state index < -0.39 is 0 Å². The first kappa shape index (κ1) is 11.7. The van der Waals surface area contributed by atoms with E-state index in [1.165, 1.54) is 0 Å². The van der Waals surface area contributed by atoms with Crippen molar-refractivity contribution in [3.63, 3.8) is 0 Å². The summed E-state index contributed by atoms with van der Waals surface area (Å²) in [5.74, 6) is 0. The smallest absolute Gasteiger partial charge is 0.121 e. The lowest BCUT2D eigenvalue weighted by molar-refractivity contribution is 0.594. The van der Waals surface area contributed by atoms with E-state index in [9.17, 15) is 0 Å². The standard InChI is InChI=1S/C11H18N4/c1-3-9(13)5-10-7-15(8-14-10)11(4-2)6-12/h7-9,11H,3-5,13H2,1-2H3. The zero-order valence-electron chi connectivity index (χ0n) is 9.35. The number of nitrogens with zero attached hydrogens (tertiary/aromatic N) is 3. The summed E-state index contributed by atoms with van der Waals surface area (Å²) >= 11 is 0. The second-order valence-corrected chi connectivity index (χ2v) is 3.74. The van der Waals surface area contributed by atoms with Crippen LogP contribution in [0.3, 0.4) is 0 Å². The lowest BCUT2D eigenvalue weighted by Crippen LogP contribution is -2.21. The predicted molar refractivity (Wildman–Crippen MR) is 59.1 cm³/mol. The SMILES string of the molecule is CCC(N)Cc1cn(C(C#N)CC)cn1. The summed E-state index contributed by atoms with van der Waals surface area (Å²) in [5.41, 5.74) is 6.81. The minimum absolute atomic E-state index is 0.107. The van der Waals surface area contributed by atoms with Gasteiger partial charge in [0.15, 0.2) is 0 Å². The Morgan fingerprint density at radius 1 is 1.53 bits per heavy atom. The average Bonchev–Trinajstić information content (AvgIpc) is 2.68. The topological polar surface area (TPSA) is 67.6 Å². The van der Waals surface area contributed by atoms with Gasteiger partial charge in [-0.15, -0.1) is 0 Å². The van der Waals surface area contributed by atoms with Crippen molar-refractivity contribution in [3.8, 4) is 6.07 Å². The van der Waals surface area contributed by atoms with Gasteiger partial charge < -0.3 is 10.3 Å². The summed E-state index contributed by atoms with van der Waals surface area (Å²) in [5, 5.41) is 8.89. The van der Waals surface area contributed by atoms with Crippen LogP contribution in [0, 0.1) is 11.3 Å². The van der Waals surface area contributed by atoms with E-state index in [1.54, 1.807) is 6.33 Å². The maximum Gasteiger partial charge on any atom is 0.121 e. The van der Waals surface area contributed by atoms with Crippen LogP contribution in [0.1, 0.15) is 38.4 Å². The molecule has 0 saturated heterocycles. The summed E-state index contributed by atoms with van der Waals surface area (Å²) in [6.45, 7) is 4.05. The molecule has 2 N–H and O–H groups in total. The van der Waals surface area contributed by atoms with Crippen LogP contribution < -0.4 is 5.73 Å². The van der Waals surface area contributed by atoms with Crippen molar-refractivity contribution in [2.24, 2.45) is 5.73 Å². The number of nitriles is 1. The minimum atomic E-state index is -0.107. The second kappa shape index (κ2) is 5.52. The Balaban J connectivity index is 2.68. The molecular formula is C11H18N4. The number of hydrogen-bond acceptors (Lipinski definition) is 3. The van der Waals surface area contributed by atoms with Gasteiger partial charge in [0.25, 0.3) is 0 Å². The summed E-state index contributed by atoms with van der Waals surface area (Å²) in [6, 6.07) is 2.30. The Hall–Kier alpha value is -1.34. The molecule has 15 heavy (non-hydrogen) atoms. The molecule has 4 nitrogen and oxygen atoms in total. The van der Waals surface area contributed by atoms with Crippen LogP contribution in [0.2, 0.25) is 0 Å². The molecule has 1 aromatic rings. The lowest BCUT2D eigenvalue weighted by Gasteiger charge is -2.07. The average molecular weight is 206 g/mol. The Morgan fingerprint density at radius 3 is 2.80 bits per heavy atom. The Bertz CT molecular complexity index is 337. The number of hydrogen-bond donors (Lipinski definition) is 1. The maximum atomic E-state index is 8.89. The number of nitrogens with two attached hydrogens (primary N) is 1. The third-order valence-electron chi connectivity index (χ3n) is 2.55. The number of imidazole rings is 1. The summed E-state index contributed by atoms with van der Waals surface area (Å²) in [6.07, 6.45) is 6.17. The molecule has 0 aromatic carbocycles. The molecule has 2 unspecified atom stereocenters. The van der Waals surface area contributed by atoms with Gasteiger partial charge in [-0.3, -0.25) is 0 Å². The first-order chi connectivity index (χ1) is 7.21. The lowest BCUT2D eigenvalue weighted by atomic mass is 10.1. The quantitative estimate of drug-likeness (QED) is 0.796. The Labute approximate surface area is 90.7 Å². The van der Waals surface area contributed by atoms with Gasteiger partial charge in [0, 0.05) is 18.7 Å². The van der Waals surface area contributed by atoms with Crippen LogP contribution in [0.15, 0.2) is 12.5 Å². The molecule has 1 heterocycles. The molecule has 4 heteroatoms.